The Balaban J connectivity index is 0.00000161. The van der Waals surface area contributed by atoms with E-state index in [9.17, 15) is 9.18 Å². The minimum absolute atomic E-state index is 0. The maximum atomic E-state index is 13.4. The van der Waals surface area contributed by atoms with Gasteiger partial charge in [0.2, 0.25) is 0 Å². The Morgan fingerprint density at radius 3 is 3.10 bits per heavy atom. The van der Waals surface area contributed by atoms with Gasteiger partial charge in [0.15, 0.2) is 0 Å². The van der Waals surface area contributed by atoms with Gasteiger partial charge in [0.25, 0.3) is 5.91 Å². The van der Waals surface area contributed by atoms with Gasteiger partial charge in [-0.15, -0.1) is 24.2 Å². The Kier molecular flexibility index (Phi) is 5.87. The summed E-state index contributed by atoms with van der Waals surface area (Å²) in [5.74, 6) is 0.540. The van der Waals surface area contributed by atoms with Crippen LogP contribution >= 0.6 is 24.2 Å². The van der Waals surface area contributed by atoms with Crippen LogP contribution in [0.25, 0.3) is 0 Å². The maximum absolute atomic E-state index is 13.4. The molecule has 1 aromatic carbocycles. The second-order valence-electron chi connectivity index (χ2n) is 4.94. The molecule has 3 rings (SSSR count). The van der Waals surface area contributed by atoms with Gasteiger partial charge in [0.1, 0.15) is 11.9 Å². The summed E-state index contributed by atoms with van der Waals surface area (Å²) < 4.78 is 18.8. The lowest BCUT2D eigenvalue weighted by molar-refractivity contribution is -0.135. The SMILES string of the molecule is Cl.O=C(NC1CCSc2ccc(F)cc21)C1CNCCO1. The molecule has 4 nitrogen and oxygen atoms in total. The van der Waals surface area contributed by atoms with Gasteiger partial charge in [-0.3, -0.25) is 4.79 Å². The van der Waals surface area contributed by atoms with Gasteiger partial charge in [0.05, 0.1) is 12.6 Å². The van der Waals surface area contributed by atoms with Crippen LogP contribution in [0.2, 0.25) is 0 Å². The third-order valence-electron chi connectivity index (χ3n) is 3.55. The molecule has 2 unspecified atom stereocenters. The number of rotatable bonds is 2. The highest BCUT2D eigenvalue weighted by atomic mass is 35.5. The van der Waals surface area contributed by atoms with E-state index in [0.717, 1.165) is 29.2 Å². The molecule has 7 heteroatoms. The lowest BCUT2D eigenvalue weighted by Crippen LogP contribution is -2.48. The van der Waals surface area contributed by atoms with Crippen molar-refractivity contribution in [2.24, 2.45) is 0 Å². The minimum atomic E-state index is -0.449. The Morgan fingerprint density at radius 2 is 2.33 bits per heavy atom. The van der Waals surface area contributed by atoms with Crippen molar-refractivity contribution in [2.45, 2.75) is 23.5 Å². The van der Waals surface area contributed by atoms with E-state index in [1.165, 1.54) is 12.1 Å². The van der Waals surface area contributed by atoms with Crippen molar-refractivity contribution >= 4 is 30.1 Å². The first-order valence-corrected chi connectivity index (χ1v) is 7.77. The van der Waals surface area contributed by atoms with E-state index in [-0.39, 0.29) is 30.2 Å². The minimum Gasteiger partial charge on any atom is -0.366 e. The van der Waals surface area contributed by atoms with Crippen molar-refractivity contribution in [2.75, 3.05) is 25.4 Å². The number of thioether (sulfide) groups is 1. The summed E-state index contributed by atoms with van der Waals surface area (Å²) in [6.07, 6.45) is 0.364. The number of amides is 1. The molecule has 0 radical (unpaired) electrons. The van der Waals surface area contributed by atoms with Crippen LogP contribution < -0.4 is 10.6 Å². The molecule has 1 saturated heterocycles. The number of nitrogens with one attached hydrogen (secondary N) is 2. The van der Waals surface area contributed by atoms with Crippen molar-refractivity contribution in [3.63, 3.8) is 0 Å². The molecule has 1 aromatic rings. The molecule has 0 spiro atoms. The molecular weight excluding hydrogens is 315 g/mol. The number of ether oxygens (including phenoxy) is 1. The first-order chi connectivity index (χ1) is 9.74. The van der Waals surface area contributed by atoms with E-state index < -0.39 is 6.10 Å². The molecule has 0 aromatic heterocycles. The highest BCUT2D eigenvalue weighted by Gasteiger charge is 2.27. The quantitative estimate of drug-likeness (QED) is 0.868. The number of fused-ring (bicyclic) bond motifs is 1. The molecule has 21 heavy (non-hydrogen) atoms. The third-order valence-corrected chi connectivity index (χ3v) is 4.67. The first-order valence-electron chi connectivity index (χ1n) is 6.79. The van der Waals surface area contributed by atoms with E-state index in [1.54, 1.807) is 17.8 Å². The van der Waals surface area contributed by atoms with Crippen LogP contribution in [0.3, 0.4) is 0 Å². The normalized spacial score (nSPS) is 24.6. The Morgan fingerprint density at radius 1 is 1.48 bits per heavy atom. The molecular formula is C14H18ClFN2O2S. The molecule has 0 bridgehead atoms. The second-order valence-corrected chi connectivity index (χ2v) is 6.08. The first kappa shape index (κ1) is 16.5. The summed E-state index contributed by atoms with van der Waals surface area (Å²) in [7, 11) is 0. The number of morpholine rings is 1. The standard InChI is InChI=1S/C14H17FN2O2S.ClH/c15-9-1-2-13-10(7-9)11(3-6-20-13)17-14(18)12-8-16-4-5-19-12;/h1-2,7,11-12,16H,3-6,8H2,(H,17,18);1H. The fraction of sp³-hybridized carbons (Fsp3) is 0.500. The van der Waals surface area contributed by atoms with E-state index in [1.807, 2.05) is 0 Å². The van der Waals surface area contributed by atoms with Gasteiger partial charge in [-0.25, -0.2) is 4.39 Å². The van der Waals surface area contributed by atoms with Crippen LogP contribution in [0.1, 0.15) is 18.0 Å². The average Bonchev–Trinajstić information content (AvgIpc) is 2.49. The van der Waals surface area contributed by atoms with Crippen LogP contribution in [-0.2, 0) is 9.53 Å². The fourth-order valence-electron chi connectivity index (χ4n) is 2.51. The van der Waals surface area contributed by atoms with Crippen molar-refractivity contribution in [3.05, 3.63) is 29.6 Å². The van der Waals surface area contributed by atoms with Crippen LogP contribution in [0, 0.1) is 5.82 Å². The Labute approximate surface area is 133 Å². The van der Waals surface area contributed by atoms with Crippen molar-refractivity contribution < 1.29 is 13.9 Å². The number of hydrogen-bond acceptors (Lipinski definition) is 4. The van der Waals surface area contributed by atoms with Crippen LogP contribution in [0.15, 0.2) is 23.1 Å². The van der Waals surface area contributed by atoms with Gasteiger partial charge in [-0.2, -0.15) is 0 Å². The molecule has 2 aliphatic rings. The average molecular weight is 333 g/mol. The third kappa shape index (κ3) is 3.88. The largest absolute Gasteiger partial charge is 0.366 e. The van der Waals surface area contributed by atoms with Crippen LogP contribution in [-0.4, -0.2) is 37.5 Å². The monoisotopic (exact) mass is 332 g/mol. The summed E-state index contributed by atoms with van der Waals surface area (Å²) in [6.45, 7) is 1.85. The molecule has 2 aliphatic heterocycles. The topological polar surface area (TPSA) is 50.4 Å². The zero-order valence-electron chi connectivity index (χ0n) is 11.4. The Bertz CT molecular complexity index is 512. The van der Waals surface area contributed by atoms with Gasteiger partial charge in [-0.05, 0) is 30.2 Å². The Hall–Kier alpha value is -0.820. The molecule has 1 fully saturated rings. The van der Waals surface area contributed by atoms with Gasteiger partial charge in [-0.1, -0.05) is 0 Å². The number of halogens is 2. The zero-order valence-corrected chi connectivity index (χ0v) is 13.1. The zero-order chi connectivity index (χ0) is 13.9. The summed E-state index contributed by atoms with van der Waals surface area (Å²) in [5, 5.41) is 6.12. The number of carbonyl (C=O) groups is 1. The van der Waals surface area contributed by atoms with Crippen LogP contribution in [0.5, 0.6) is 0 Å². The van der Waals surface area contributed by atoms with Gasteiger partial charge in [0, 0.05) is 23.7 Å². The van der Waals surface area contributed by atoms with Crippen molar-refractivity contribution in [1.82, 2.24) is 10.6 Å². The molecule has 1 amide bonds. The van der Waals surface area contributed by atoms with Gasteiger partial charge < -0.3 is 15.4 Å². The van der Waals surface area contributed by atoms with Crippen molar-refractivity contribution in [1.29, 1.82) is 0 Å². The summed E-state index contributed by atoms with van der Waals surface area (Å²) in [4.78, 5) is 13.2. The highest BCUT2D eigenvalue weighted by molar-refractivity contribution is 7.99. The molecule has 116 valence electrons. The van der Waals surface area contributed by atoms with E-state index in [4.69, 9.17) is 4.74 Å². The summed E-state index contributed by atoms with van der Waals surface area (Å²) >= 11 is 1.70. The number of hydrogen-bond donors (Lipinski definition) is 2. The van der Waals surface area contributed by atoms with Crippen molar-refractivity contribution in [3.8, 4) is 0 Å². The number of benzene rings is 1. The molecule has 2 N–H and O–H groups in total. The van der Waals surface area contributed by atoms with Gasteiger partial charge >= 0.3 is 0 Å². The lowest BCUT2D eigenvalue weighted by Gasteiger charge is -2.29. The second kappa shape index (κ2) is 7.45. The van der Waals surface area contributed by atoms with E-state index in [0.29, 0.717) is 13.2 Å². The number of carbonyl (C=O) groups excluding carboxylic acids is 1. The molecule has 2 heterocycles. The predicted octanol–water partition coefficient (Wildman–Crippen LogP) is 1.89. The predicted molar refractivity (Wildman–Crippen MR) is 82.5 cm³/mol. The van der Waals surface area contributed by atoms with Crippen LogP contribution in [0.4, 0.5) is 4.39 Å². The fourth-order valence-corrected chi connectivity index (χ4v) is 3.62. The smallest absolute Gasteiger partial charge is 0.250 e. The summed E-state index contributed by atoms with van der Waals surface area (Å²) in [5.41, 5.74) is 0.873. The molecule has 0 aliphatic carbocycles. The van der Waals surface area contributed by atoms with E-state index in [2.05, 4.69) is 10.6 Å². The van der Waals surface area contributed by atoms with E-state index >= 15 is 0 Å². The highest BCUT2D eigenvalue weighted by Crippen LogP contribution is 2.36. The lowest BCUT2D eigenvalue weighted by atomic mass is 10.0. The molecule has 2 atom stereocenters. The summed E-state index contributed by atoms with van der Waals surface area (Å²) in [6, 6.07) is 4.64. The molecule has 0 saturated carbocycles. The maximum Gasteiger partial charge on any atom is 0.250 e.